The van der Waals surface area contributed by atoms with Crippen LogP contribution in [-0.4, -0.2) is 26.0 Å². The Morgan fingerprint density at radius 2 is 1.70 bits per heavy atom. The first-order valence-electron chi connectivity index (χ1n) is 10.1. The Hall–Kier alpha value is -2.09. The smallest absolute Gasteiger partial charge is 0.416 e. The Kier molecular flexibility index (Phi) is 11.2. The number of nitrogens with zero attached hydrogens (tertiary/aromatic N) is 1. The summed E-state index contributed by atoms with van der Waals surface area (Å²) in [6, 6.07) is 8.18. The first-order valence-corrected chi connectivity index (χ1v) is 11.2. The number of unbranched alkanes of at least 4 members (excludes halogenated alkanes) is 2. The lowest BCUT2D eigenvalue weighted by Gasteiger charge is -2.13. The van der Waals surface area contributed by atoms with Crippen LogP contribution in [0.3, 0.4) is 0 Å². The molecular formula is C23H23Cl3F3NO3. The van der Waals surface area contributed by atoms with Crippen molar-refractivity contribution in [2.24, 2.45) is 5.16 Å². The van der Waals surface area contributed by atoms with E-state index in [9.17, 15) is 13.2 Å². The Labute approximate surface area is 205 Å². The Balaban J connectivity index is 1.63. The Morgan fingerprint density at radius 3 is 2.33 bits per heavy atom. The van der Waals surface area contributed by atoms with Crippen LogP contribution < -0.4 is 9.47 Å². The van der Waals surface area contributed by atoms with E-state index in [0.29, 0.717) is 35.3 Å². The van der Waals surface area contributed by atoms with E-state index in [2.05, 4.69) is 5.16 Å². The van der Waals surface area contributed by atoms with Crippen LogP contribution in [0.15, 0.2) is 52.1 Å². The normalized spacial score (nSPS) is 11.5. The van der Waals surface area contributed by atoms with Crippen LogP contribution in [0.25, 0.3) is 0 Å². The number of halogens is 6. The van der Waals surface area contributed by atoms with Gasteiger partial charge in [0.15, 0.2) is 0 Å². The average molecular weight is 525 g/mol. The van der Waals surface area contributed by atoms with E-state index in [1.54, 1.807) is 6.07 Å². The van der Waals surface area contributed by atoms with Gasteiger partial charge in [-0.15, -0.1) is 0 Å². The number of benzene rings is 2. The Bertz CT molecular complexity index is 921. The largest absolute Gasteiger partial charge is 0.492 e. The molecule has 0 atom stereocenters. The molecule has 2 aromatic rings. The summed E-state index contributed by atoms with van der Waals surface area (Å²) in [5.74, 6) is 1.19. The molecule has 0 aliphatic heterocycles. The third-order valence-corrected chi connectivity index (χ3v) is 4.92. The second-order valence-electron chi connectivity index (χ2n) is 6.95. The van der Waals surface area contributed by atoms with E-state index in [4.69, 9.17) is 49.1 Å². The molecule has 10 heteroatoms. The highest BCUT2D eigenvalue weighted by Gasteiger charge is 2.29. The fourth-order valence-corrected chi connectivity index (χ4v) is 3.13. The molecule has 0 aliphatic rings. The van der Waals surface area contributed by atoms with Gasteiger partial charge in [0.1, 0.15) is 29.2 Å². The number of ether oxygens (including phenoxy) is 2. The molecule has 0 aliphatic carbocycles. The summed E-state index contributed by atoms with van der Waals surface area (Å²) in [5.41, 5.74) is 0.673. The van der Waals surface area contributed by atoms with Gasteiger partial charge in [0.05, 0.1) is 23.4 Å². The Morgan fingerprint density at radius 1 is 1.00 bits per heavy atom. The highest BCUT2D eigenvalue weighted by molar-refractivity contribution is 6.55. The zero-order chi connectivity index (χ0) is 24.3. The predicted molar refractivity (Wildman–Crippen MR) is 126 cm³/mol. The van der Waals surface area contributed by atoms with Crippen LogP contribution in [0, 0.1) is 6.92 Å². The second-order valence-corrected chi connectivity index (χ2v) is 8.37. The number of hydrogen-bond acceptors (Lipinski definition) is 4. The number of aryl methyl sites for hydroxylation is 1. The quantitative estimate of drug-likeness (QED) is 0.161. The maximum Gasteiger partial charge on any atom is 0.416 e. The van der Waals surface area contributed by atoms with Crippen LogP contribution in [0.2, 0.25) is 5.02 Å². The van der Waals surface area contributed by atoms with Crippen LogP contribution in [-0.2, 0) is 11.0 Å². The molecule has 0 amide bonds. The van der Waals surface area contributed by atoms with Gasteiger partial charge in [-0.3, -0.25) is 0 Å². The predicted octanol–water partition coefficient (Wildman–Crippen LogP) is 7.96. The molecule has 0 fully saturated rings. The van der Waals surface area contributed by atoms with Crippen molar-refractivity contribution in [1.82, 2.24) is 0 Å². The highest BCUT2D eigenvalue weighted by atomic mass is 35.5. The van der Waals surface area contributed by atoms with E-state index in [0.717, 1.165) is 37.0 Å². The van der Waals surface area contributed by atoms with E-state index in [1.807, 2.05) is 13.0 Å². The lowest BCUT2D eigenvalue weighted by molar-refractivity contribution is -0.137. The van der Waals surface area contributed by atoms with Crippen LogP contribution >= 0.6 is 34.8 Å². The van der Waals surface area contributed by atoms with Gasteiger partial charge in [-0.1, -0.05) is 52.1 Å². The lowest BCUT2D eigenvalue weighted by Crippen LogP contribution is -2.04. The first kappa shape index (κ1) is 27.2. The summed E-state index contributed by atoms with van der Waals surface area (Å²) in [6.07, 6.45) is 0.944. The van der Waals surface area contributed by atoms with Crippen molar-refractivity contribution in [1.29, 1.82) is 0 Å². The molecule has 2 rings (SSSR count). The molecule has 0 saturated carbocycles. The number of oxime groups is 1. The molecule has 0 spiro atoms. The molecule has 0 heterocycles. The zero-order valence-electron chi connectivity index (χ0n) is 17.8. The van der Waals surface area contributed by atoms with Crippen molar-refractivity contribution >= 4 is 41.0 Å². The summed E-state index contributed by atoms with van der Waals surface area (Å²) in [5, 5.41) is 4.23. The van der Waals surface area contributed by atoms with Crippen LogP contribution in [0.1, 0.15) is 36.0 Å². The van der Waals surface area contributed by atoms with Gasteiger partial charge in [0.25, 0.3) is 0 Å². The maximum absolute atomic E-state index is 12.5. The summed E-state index contributed by atoms with van der Waals surface area (Å²) in [4.78, 5) is 5.15. The van der Waals surface area contributed by atoms with Crippen LogP contribution in [0.4, 0.5) is 13.2 Å². The summed E-state index contributed by atoms with van der Waals surface area (Å²) < 4.78 is 49.0. The number of rotatable bonds is 12. The molecule has 180 valence electrons. The molecule has 33 heavy (non-hydrogen) atoms. The minimum atomic E-state index is -4.35. The van der Waals surface area contributed by atoms with Crippen molar-refractivity contribution in [2.45, 2.75) is 32.4 Å². The van der Waals surface area contributed by atoms with Crippen molar-refractivity contribution < 1.29 is 27.5 Å². The molecule has 0 radical (unpaired) electrons. The zero-order valence-corrected chi connectivity index (χ0v) is 20.1. The molecule has 0 aromatic heterocycles. The maximum atomic E-state index is 12.5. The van der Waals surface area contributed by atoms with Gasteiger partial charge >= 0.3 is 6.18 Å². The standard InChI is InChI=1S/C23H23Cl3F3NO3/c1-16-13-19(31-12-9-21(25)26)14-20(24)22(16)32-10-3-2-4-11-33-30-15-17-5-7-18(8-6-17)23(27,28)29/h5-9,13-15H,2-4,10-12H2,1H3. The molecule has 0 saturated heterocycles. The summed E-state index contributed by atoms with van der Waals surface area (Å²) in [7, 11) is 0. The fraction of sp³-hybridized carbons (Fsp3) is 0.348. The molecule has 0 bridgehead atoms. The van der Waals surface area contributed by atoms with Gasteiger partial charge < -0.3 is 14.3 Å². The van der Waals surface area contributed by atoms with Gasteiger partial charge in [-0.25, -0.2) is 0 Å². The molecule has 2 aromatic carbocycles. The van der Waals surface area contributed by atoms with Crippen molar-refractivity contribution in [2.75, 3.05) is 19.8 Å². The molecule has 0 unspecified atom stereocenters. The number of hydrogen-bond donors (Lipinski definition) is 0. The third-order valence-electron chi connectivity index (χ3n) is 4.33. The van der Waals surface area contributed by atoms with E-state index < -0.39 is 11.7 Å². The van der Waals surface area contributed by atoms with Crippen molar-refractivity contribution in [3.63, 3.8) is 0 Å². The SMILES string of the molecule is Cc1cc(OCC=C(Cl)Cl)cc(Cl)c1OCCCCCON=Cc1ccc(C(F)(F)F)cc1. The molecule has 0 N–H and O–H groups in total. The topological polar surface area (TPSA) is 40.0 Å². The van der Waals surface area contributed by atoms with Gasteiger partial charge in [-0.05, 0) is 61.6 Å². The summed E-state index contributed by atoms with van der Waals surface area (Å²) in [6.45, 7) is 2.99. The van der Waals surface area contributed by atoms with Crippen LogP contribution in [0.5, 0.6) is 11.5 Å². The van der Waals surface area contributed by atoms with Crippen molar-refractivity contribution in [3.05, 3.63) is 68.7 Å². The highest BCUT2D eigenvalue weighted by Crippen LogP contribution is 2.33. The van der Waals surface area contributed by atoms with E-state index in [1.165, 1.54) is 24.4 Å². The van der Waals surface area contributed by atoms with Gasteiger partial charge in [0, 0.05) is 6.07 Å². The monoisotopic (exact) mass is 523 g/mol. The van der Waals surface area contributed by atoms with Gasteiger partial charge in [0.2, 0.25) is 0 Å². The molecule has 4 nitrogen and oxygen atoms in total. The molecular weight excluding hydrogens is 502 g/mol. The van der Waals surface area contributed by atoms with E-state index in [-0.39, 0.29) is 11.1 Å². The fourth-order valence-electron chi connectivity index (χ4n) is 2.70. The number of alkyl halides is 3. The van der Waals surface area contributed by atoms with Gasteiger partial charge in [-0.2, -0.15) is 13.2 Å². The average Bonchev–Trinajstić information content (AvgIpc) is 2.73. The first-order chi connectivity index (χ1) is 15.7. The minimum absolute atomic E-state index is 0.133. The van der Waals surface area contributed by atoms with E-state index >= 15 is 0 Å². The van der Waals surface area contributed by atoms with Crippen molar-refractivity contribution in [3.8, 4) is 11.5 Å². The second kappa shape index (κ2) is 13.6. The lowest BCUT2D eigenvalue weighted by atomic mass is 10.1. The minimum Gasteiger partial charge on any atom is -0.492 e. The summed E-state index contributed by atoms with van der Waals surface area (Å²) >= 11 is 17.4. The third kappa shape index (κ3) is 10.2.